The lowest BCUT2D eigenvalue weighted by atomic mass is 10.2. The third-order valence-corrected chi connectivity index (χ3v) is 5.27. The molecule has 148 valence electrons. The Morgan fingerprint density at radius 3 is 2.61 bits per heavy atom. The molecule has 1 amide bonds. The number of nitrogens with zero attached hydrogens (tertiary/aromatic N) is 7. The molecule has 0 aromatic carbocycles. The molecule has 0 bridgehead atoms. The lowest BCUT2D eigenvalue weighted by Crippen LogP contribution is -2.20. The molecule has 0 saturated carbocycles. The second-order valence-electron chi connectivity index (χ2n) is 6.18. The molecule has 12 heteroatoms. The zero-order valence-corrected chi connectivity index (χ0v) is 17.2. The van der Waals surface area contributed by atoms with Gasteiger partial charge < -0.3 is 15.4 Å². The highest BCUT2D eigenvalue weighted by molar-refractivity contribution is 9.10. The molecule has 3 aromatic rings. The number of hydrogen-bond acceptors (Lipinski definition) is 6. The summed E-state index contributed by atoms with van der Waals surface area (Å²) in [7, 11) is 0. The summed E-state index contributed by atoms with van der Waals surface area (Å²) in [5, 5.41) is 26.1. The first-order valence-corrected chi connectivity index (χ1v) is 9.30. The van der Waals surface area contributed by atoms with Crippen LogP contribution in [0.2, 0.25) is 0 Å². The largest absolute Gasteiger partial charge is 0.404 e. The van der Waals surface area contributed by atoms with E-state index in [1.807, 2.05) is 24.7 Å². The number of aryl methyl sites for hydroxylation is 1. The minimum absolute atomic E-state index is 0.147. The number of aromatic nitrogens is 6. The Kier molecular flexibility index (Phi) is 5.58. The number of amides is 1. The maximum absolute atomic E-state index is 12.3. The van der Waals surface area contributed by atoms with E-state index in [9.17, 15) is 14.9 Å². The summed E-state index contributed by atoms with van der Waals surface area (Å²) < 4.78 is 5.16. The Morgan fingerprint density at radius 2 is 2.00 bits per heavy atom. The predicted octanol–water partition coefficient (Wildman–Crippen LogP) is 2.27. The summed E-state index contributed by atoms with van der Waals surface area (Å²) in [5.41, 5.74) is 3.15. The van der Waals surface area contributed by atoms with Gasteiger partial charge in [-0.3, -0.25) is 14.2 Å². The fraction of sp³-hybridized carbons (Fsp3) is 0.375. The van der Waals surface area contributed by atoms with Gasteiger partial charge in [0.2, 0.25) is 5.91 Å². The third-order valence-electron chi connectivity index (χ3n) is 4.34. The Bertz CT molecular complexity index is 1040. The fourth-order valence-electron chi connectivity index (χ4n) is 2.76. The van der Waals surface area contributed by atoms with Gasteiger partial charge in [0.1, 0.15) is 11.0 Å². The number of anilines is 1. The monoisotopic (exact) mass is 450 g/mol. The van der Waals surface area contributed by atoms with E-state index in [1.165, 1.54) is 4.68 Å². The van der Waals surface area contributed by atoms with Crippen molar-refractivity contribution in [3.63, 3.8) is 0 Å². The summed E-state index contributed by atoms with van der Waals surface area (Å²) in [6.45, 7) is 6.87. The van der Waals surface area contributed by atoms with Crippen molar-refractivity contribution >= 4 is 33.3 Å². The van der Waals surface area contributed by atoms with Gasteiger partial charge in [0.25, 0.3) is 0 Å². The lowest BCUT2D eigenvalue weighted by Gasteiger charge is -2.03. The molecule has 0 aliphatic carbocycles. The van der Waals surface area contributed by atoms with E-state index >= 15 is 0 Å². The number of rotatable bonds is 7. The maximum atomic E-state index is 12.3. The van der Waals surface area contributed by atoms with Gasteiger partial charge in [0.05, 0.1) is 35.4 Å². The van der Waals surface area contributed by atoms with Crippen LogP contribution in [0.25, 0.3) is 0 Å². The molecule has 0 radical (unpaired) electrons. The first-order valence-electron chi connectivity index (χ1n) is 8.51. The van der Waals surface area contributed by atoms with Crippen molar-refractivity contribution in [3.05, 3.63) is 50.1 Å². The topological polar surface area (TPSA) is 126 Å². The predicted molar refractivity (Wildman–Crippen MR) is 104 cm³/mol. The average molecular weight is 451 g/mol. The first-order chi connectivity index (χ1) is 13.3. The molecule has 3 aromatic heterocycles. The molecular weight excluding hydrogens is 432 g/mol. The summed E-state index contributed by atoms with van der Waals surface area (Å²) in [6.07, 6.45) is 5.07. The number of carbonyl (C=O) groups excluding carboxylic acids is 1. The molecular formula is C16H19BrN8O3. The lowest BCUT2D eigenvalue weighted by molar-refractivity contribution is -0.390. The van der Waals surface area contributed by atoms with Crippen LogP contribution in [-0.4, -0.2) is 40.2 Å². The Hall–Kier alpha value is -3.02. The van der Waals surface area contributed by atoms with Crippen LogP contribution < -0.4 is 5.32 Å². The van der Waals surface area contributed by atoms with Gasteiger partial charge in [-0.15, -0.1) is 0 Å². The Labute approximate surface area is 168 Å². The van der Waals surface area contributed by atoms with Crippen LogP contribution in [-0.2, 0) is 24.4 Å². The summed E-state index contributed by atoms with van der Waals surface area (Å²) >= 11 is 3.13. The van der Waals surface area contributed by atoms with Gasteiger partial charge in [-0.2, -0.15) is 14.9 Å². The van der Waals surface area contributed by atoms with Crippen molar-refractivity contribution < 1.29 is 9.72 Å². The van der Waals surface area contributed by atoms with Gasteiger partial charge in [0, 0.05) is 24.0 Å². The van der Waals surface area contributed by atoms with Crippen molar-refractivity contribution in [1.82, 2.24) is 29.3 Å². The van der Waals surface area contributed by atoms with Crippen LogP contribution in [0, 0.1) is 24.0 Å². The van der Waals surface area contributed by atoms with Crippen LogP contribution in [0.4, 0.5) is 11.5 Å². The van der Waals surface area contributed by atoms with Crippen LogP contribution >= 0.6 is 15.9 Å². The average Bonchev–Trinajstić information content (AvgIpc) is 3.30. The zero-order valence-electron chi connectivity index (χ0n) is 15.6. The Balaban J connectivity index is 1.65. The molecule has 0 aliphatic heterocycles. The minimum atomic E-state index is -0.599. The molecule has 1 N–H and O–H groups in total. The first kappa shape index (κ1) is 19.7. The van der Waals surface area contributed by atoms with Gasteiger partial charge in [-0.1, -0.05) is 0 Å². The van der Waals surface area contributed by atoms with Crippen LogP contribution in [0.1, 0.15) is 23.9 Å². The maximum Gasteiger partial charge on any atom is 0.404 e. The molecule has 0 spiro atoms. The Morgan fingerprint density at radius 1 is 1.25 bits per heavy atom. The minimum Gasteiger partial charge on any atom is -0.358 e. The summed E-state index contributed by atoms with van der Waals surface area (Å²) in [6, 6.07) is 0. The van der Waals surface area contributed by atoms with Gasteiger partial charge in [-0.05, 0) is 41.6 Å². The molecule has 0 fully saturated rings. The third kappa shape index (κ3) is 3.96. The number of halogens is 1. The van der Waals surface area contributed by atoms with Crippen molar-refractivity contribution in [2.24, 2.45) is 0 Å². The van der Waals surface area contributed by atoms with E-state index in [1.54, 1.807) is 24.0 Å². The number of nitro groups is 1. The van der Waals surface area contributed by atoms with Gasteiger partial charge >= 0.3 is 5.82 Å². The number of carbonyl (C=O) groups is 1. The zero-order chi connectivity index (χ0) is 20.4. The molecule has 0 saturated heterocycles. The number of nitrogens with one attached hydrogen (secondary N) is 1. The molecule has 28 heavy (non-hydrogen) atoms. The summed E-state index contributed by atoms with van der Waals surface area (Å²) in [5.74, 6) is -0.677. The van der Waals surface area contributed by atoms with Crippen molar-refractivity contribution in [2.45, 2.75) is 40.4 Å². The van der Waals surface area contributed by atoms with E-state index < -0.39 is 4.92 Å². The highest BCUT2D eigenvalue weighted by atomic mass is 79.9. The molecule has 0 unspecified atom stereocenters. The van der Waals surface area contributed by atoms with Crippen molar-refractivity contribution in [2.75, 3.05) is 5.32 Å². The highest BCUT2D eigenvalue weighted by Crippen LogP contribution is 2.26. The molecule has 11 nitrogen and oxygen atoms in total. The molecule has 0 aliphatic rings. The van der Waals surface area contributed by atoms with Crippen molar-refractivity contribution in [3.8, 4) is 0 Å². The van der Waals surface area contributed by atoms with E-state index in [4.69, 9.17) is 0 Å². The normalized spacial score (nSPS) is 11.0. The molecule has 0 atom stereocenters. The van der Waals surface area contributed by atoms with Crippen LogP contribution in [0.15, 0.2) is 23.1 Å². The van der Waals surface area contributed by atoms with E-state index in [-0.39, 0.29) is 22.7 Å². The van der Waals surface area contributed by atoms with E-state index in [0.29, 0.717) is 17.9 Å². The summed E-state index contributed by atoms with van der Waals surface area (Å²) in [4.78, 5) is 22.6. The fourth-order valence-corrected chi connectivity index (χ4v) is 3.19. The van der Waals surface area contributed by atoms with Gasteiger partial charge in [0.15, 0.2) is 0 Å². The molecule has 3 rings (SSSR count). The number of hydrogen-bond donors (Lipinski definition) is 1. The molecule has 3 heterocycles. The standard InChI is InChI=1S/C16H19BrN8O3/c1-4-23-10(2)12(5-19-23)7-22-8-13(6-18-22)20-14(26)9-24-11(3)15(17)16(21-24)25(27)28/h5-6,8H,4,7,9H2,1-3H3,(H,20,26). The van der Waals surface area contributed by atoms with E-state index in [0.717, 1.165) is 17.8 Å². The van der Waals surface area contributed by atoms with Crippen LogP contribution in [0.3, 0.4) is 0 Å². The quantitative estimate of drug-likeness (QED) is 0.434. The van der Waals surface area contributed by atoms with Gasteiger partial charge in [-0.25, -0.2) is 0 Å². The van der Waals surface area contributed by atoms with E-state index in [2.05, 4.69) is 36.5 Å². The highest BCUT2D eigenvalue weighted by Gasteiger charge is 2.24. The van der Waals surface area contributed by atoms with Crippen molar-refractivity contribution in [1.29, 1.82) is 0 Å². The smallest absolute Gasteiger partial charge is 0.358 e. The SMILES string of the molecule is CCn1ncc(Cn2cc(NC(=O)Cn3nc([N+](=O)[O-])c(Br)c3C)cn2)c1C. The second kappa shape index (κ2) is 7.92. The van der Waals surface area contributed by atoms with Crippen LogP contribution in [0.5, 0.6) is 0 Å². The second-order valence-corrected chi connectivity index (χ2v) is 6.98.